The number of hydrogen-bond donors (Lipinski definition) is 1. The quantitative estimate of drug-likeness (QED) is 0.762. The van der Waals surface area contributed by atoms with Crippen molar-refractivity contribution in [2.45, 2.75) is 6.61 Å². The zero-order valence-corrected chi connectivity index (χ0v) is 11.5. The van der Waals surface area contributed by atoms with Gasteiger partial charge in [-0.1, -0.05) is 54.6 Å². The number of ether oxygens (including phenoxy) is 1. The Bertz CT molecular complexity index is 706. The fourth-order valence-corrected chi connectivity index (χ4v) is 2.13. The predicted molar refractivity (Wildman–Crippen MR) is 83.2 cm³/mol. The molecule has 3 rings (SSSR count). The maximum absolute atomic E-state index is 10.1. The molecule has 0 aliphatic carbocycles. The normalized spacial score (nSPS) is 10.3. The summed E-state index contributed by atoms with van der Waals surface area (Å²) < 4.78 is 5.69. The largest absolute Gasteiger partial charge is 0.507 e. The van der Waals surface area contributed by atoms with Crippen molar-refractivity contribution < 1.29 is 9.84 Å². The van der Waals surface area contributed by atoms with E-state index in [4.69, 9.17) is 4.74 Å². The first-order valence-corrected chi connectivity index (χ1v) is 6.80. The van der Waals surface area contributed by atoms with Gasteiger partial charge in [-0.05, 0) is 29.3 Å². The van der Waals surface area contributed by atoms with Crippen molar-refractivity contribution in [2.75, 3.05) is 0 Å². The van der Waals surface area contributed by atoms with Gasteiger partial charge in [0.15, 0.2) is 0 Å². The van der Waals surface area contributed by atoms with Gasteiger partial charge in [0.2, 0.25) is 0 Å². The number of phenolic OH excluding ortho intramolecular Hbond substituents is 1. The van der Waals surface area contributed by atoms with Crippen LogP contribution in [0.5, 0.6) is 11.5 Å². The van der Waals surface area contributed by atoms with E-state index >= 15 is 0 Å². The first-order valence-electron chi connectivity index (χ1n) is 6.80. The Kier molecular flexibility index (Phi) is 3.88. The van der Waals surface area contributed by atoms with E-state index in [2.05, 4.69) is 6.07 Å². The highest BCUT2D eigenvalue weighted by molar-refractivity contribution is 5.70. The molecule has 2 heteroatoms. The van der Waals surface area contributed by atoms with Crippen molar-refractivity contribution in [3.63, 3.8) is 0 Å². The van der Waals surface area contributed by atoms with E-state index in [1.165, 1.54) is 0 Å². The Morgan fingerprint density at radius 2 is 1.71 bits per heavy atom. The molecule has 0 saturated carbocycles. The average Bonchev–Trinajstić information content (AvgIpc) is 2.55. The van der Waals surface area contributed by atoms with Gasteiger partial charge in [0, 0.05) is 11.6 Å². The lowest BCUT2D eigenvalue weighted by Crippen LogP contribution is -1.94. The van der Waals surface area contributed by atoms with E-state index in [0.29, 0.717) is 12.4 Å². The third-order valence-corrected chi connectivity index (χ3v) is 3.22. The molecule has 0 aliphatic rings. The van der Waals surface area contributed by atoms with E-state index in [9.17, 15) is 5.11 Å². The van der Waals surface area contributed by atoms with Crippen molar-refractivity contribution in [1.82, 2.24) is 0 Å². The van der Waals surface area contributed by atoms with Gasteiger partial charge in [-0.15, -0.1) is 0 Å². The van der Waals surface area contributed by atoms with Crippen LogP contribution in [0.1, 0.15) is 5.56 Å². The highest BCUT2D eigenvalue weighted by Gasteiger charge is 2.06. The van der Waals surface area contributed by atoms with Crippen LogP contribution < -0.4 is 4.74 Å². The molecule has 103 valence electrons. The Hall–Kier alpha value is -2.74. The van der Waals surface area contributed by atoms with E-state index in [-0.39, 0.29) is 5.75 Å². The van der Waals surface area contributed by atoms with Crippen molar-refractivity contribution >= 4 is 0 Å². The summed E-state index contributed by atoms with van der Waals surface area (Å²) in [6, 6.07) is 26.0. The smallest absolute Gasteiger partial charge is 0.127 e. The summed E-state index contributed by atoms with van der Waals surface area (Å²) in [6.45, 7) is 0.483. The summed E-state index contributed by atoms with van der Waals surface area (Å²) in [6.07, 6.45) is 0. The molecule has 0 aromatic heterocycles. The average molecular weight is 275 g/mol. The van der Waals surface area contributed by atoms with Crippen LogP contribution in [0.4, 0.5) is 0 Å². The zero-order valence-electron chi connectivity index (χ0n) is 11.5. The van der Waals surface area contributed by atoms with Crippen molar-refractivity contribution in [2.24, 2.45) is 0 Å². The summed E-state index contributed by atoms with van der Waals surface area (Å²) in [5.74, 6) is 0.846. The monoisotopic (exact) mass is 275 g/mol. The summed E-state index contributed by atoms with van der Waals surface area (Å²) in [4.78, 5) is 0. The molecule has 0 atom stereocenters. The molecule has 0 unspecified atom stereocenters. The molecule has 0 amide bonds. The fraction of sp³-hybridized carbons (Fsp3) is 0.0526. The second-order valence-corrected chi connectivity index (χ2v) is 4.73. The van der Waals surface area contributed by atoms with Crippen LogP contribution in [0.25, 0.3) is 11.1 Å². The molecule has 0 heterocycles. The number of benzene rings is 3. The lowest BCUT2D eigenvalue weighted by Gasteiger charge is -2.09. The van der Waals surface area contributed by atoms with E-state index in [1.54, 1.807) is 6.07 Å². The van der Waals surface area contributed by atoms with Crippen LogP contribution in [0.3, 0.4) is 0 Å². The SMILES string of the molecule is Oc1cc(OCc2ccccc2)ccc1-c1[c]cccc1. The number of phenols is 1. The van der Waals surface area contributed by atoms with Crippen LogP contribution in [-0.4, -0.2) is 5.11 Å². The van der Waals surface area contributed by atoms with Gasteiger partial charge in [-0.25, -0.2) is 0 Å². The van der Waals surface area contributed by atoms with Crippen LogP contribution in [0.15, 0.2) is 72.8 Å². The summed E-state index contributed by atoms with van der Waals surface area (Å²) in [5, 5.41) is 10.1. The standard InChI is InChI=1S/C19H15O2/c20-19-13-17(21-14-15-7-3-1-4-8-15)11-12-18(19)16-9-5-2-6-10-16/h1-9,11-13,20H,14H2. The summed E-state index contributed by atoms with van der Waals surface area (Å²) in [5.41, 5.74) is 2.71. The van der Waals surface area contributed by atoms with Gasteiger partial charge in [0.05, 0.1) is 0 Å². The Morgan fingerprint density at radius 1 is 0.905 bits per heavy atom. The van der Waals surface area contributed by atoms with Crippen LogP contribution in [-0.2, 0) is 6.61 Å². The molecule has 1 N–H and O–H groups in total. The van der Waals surface area contributed by atoms with E-state index in [1.807, 2.05) is 66.7 Å². The van der Waals surface area contributed by atoms with E-state index in [0.717, 1.165) is 16.7 Å². The van der Waals surface area contributed by atoms with Crippen molar-refractivity contribution in [1.29, 1.82) is 0 Å². The minimum Gasteiger partial charge on any atom is -0.507 e. The predicted octanol–water partition coefficient (Wildman–Crippen LogP) is 4.44. The highest BCUT2D eigenvalue weighted by Crippen LogP contribution is 2.32. The molecule has 0 bridgehead atoms. The third kappa shape index (κ3) is 3.23. The Morgan fingerprint density at radius 3 is 2.43 bits per heavy atom. The Labute approximate surface area is 124 Å². The first-order chi connectivity index (χ1) is 10.3. The molecule has 3 aromatic carbocycles. The maximum Gasteiger partial charge on any atom is 0.127 e. The third-order valence-electron chi connectivity index (χ3n) is 3.22. The number of aromatic hydroxyl groups is 1. The summed E-state index contributed by atoms with van der Waals surface area (Å²) in [7, 11) is 0. The number of rotatable bonds is 4. The molecular formula is C19H15O2. The summed E-state index contributed by atoms with van der Waals surface area (Å²) >= 11 is 0. The number of hydrogen-bond acceptors (Lipinski definition) is 2. The lowest BCUT2D eigenvalue weighted by atomic mass is 10.0. The second kappa shape index (κ2) is 6.14. The topological polar surface area (TPSA) is 29.5 Å². The van der Waals surface area contributed by atoms with Gasteiger partial charge >= 0.3 is 0 Å². The van der Waals surface area contributed by atoms with Crippen molar-refractivity contribution in [3.8, 4) is 22.6 Å². The van der Waals surface area contributed by atoms with Gasteiger partial charge in [0.1, 0.15) is 18.1 Å². The fourth-order valence-electron chi connectivity index (χ4n) is 2.13. The maximum atomic E-state index is 10.1. The minimum atomic E-state index is 0.197. The van der Waals surface area contributed by atoms with E-state index < -0.39 is 0 Å². The Balaban J connectivity index is 1.76. The van der Waals surface area contributed by atoms with Crippen LogP contribution in [0.2, 0.25) is 0 Å². The molecule has 0 fully saturated rings. The van der Waals surface area contributed by atoms with Crippen LogP contribution >= 0.6 is 0 Å². The second-order valence-electron chi connectivity index (χ2n) is 4.73. The van der Waals surface area contributed by atoms with Gasteiger partial charge in [-0.3, -0.25) is 0 Å². The molecule has 0 saturated heterocycles. The molecule has 3 aromatic rings. The van der Waals surface area contributed by atoms with Gasteiger partial charge in [-0.2, -0.15) is 0 Å². The molecule has 1 radical (unpaired) electrons. The van der Waals surface area contributed by atoms with Gasteiger partial charge in [0.25, 0.3) is 0 Å². The minimum absolute atomic E-state index is 0.197. The first kappa shape index (κ1) is 13.3. The lowest BCUT2D eigenvalue weighted by molar-refractivity contribution is 0.304. The van der Waals surface area contributed by atoms with Gasteiger partial charge < -0.3 is 9.84 Å². The molecule has 0 aliphatic heterocycles. The zero-order chi connectivity index (χ0) is 14.5. The molecule has 2 nitrogen and oxygen atoms in total. The van der Waals surface area contributed by atoms with Crippen molar-refractivity contribution in [3.05, 3.63) is 84.4 Å². The molecular weight excluding hydrogens is 260 g/mol. The highest BCUT2D eigenvalue weighted by atomic mass is 16.5. The van der Waals surface area contributed by atoms with Crippen LogP contribution in [0, 0.1) is 6.07 Å². The molecule has 21 heavy (non-hydrogen) atoms. The molecule has 0 spiro atoms.